The van der Waals surface area contributed by atoms with E-state index < -0.39 is 5.97 Å². The molecule has 8 heteroatoms. The van der Waals surface area contributed by atoms with Gasteiger partial charge in [-0.25, -0.2) is 4.79 Å². The third-order valence-corrected chi connectivity index (χ3v) is 3.38. The van der Waals surface area contributed by atoms with Gasteiger partial charge in [0.1, 0.15) is 6.61 Å². The third kappa shape index (κ3) is 3.92. The molecule has 104 valence electrons. The predicted octanol–water partition coefficient (Wildman–Crippen LogP) is 1.85. The Hall–Kier alpha value is -1.11. The minimum atomic E-state index is -0.949. The van der Waals surface area contributed by atoms with Gasteiger partial charge in [0.15, 0.2) is 10.3 Å². The van der Waals surface area contributed by atoms with Crippen LogP contribution in [0.1, 0.15) is 12.8 Å². The zero-order valence-electron chi connectivity index (χ0n) is 10.1. The maximum atomic E-state index is 10.4. The summed E-state index contributed by atoms with van der Waals surface area (Å²) in [5.74, 6) is -0.949. The molecule has 0 radical (unpaired) electrons. The molecule has 0 saturated carbocycles. The van der Waals surface area contributed by atoms with Crippen LogP contribution in [0.25, 0.3) is 0 Å². The predicted molar refractivity (Wildman–Crippen MR) is 70.9 cm³/mol. The second kappa shape index (κ2) is 6.36. The summed E-state index contributed by atoms with van der Waals surface area (Å²) >= 11 is 11.8. The normalized spacial score (nSPS) is 16.6. The fraction of sp³-hybridized carbons (Fsp3) is 0.545. The number of hydrogen-bond acceptors (Lipinski definition) is 5. The van der Waals surface area contributed by atoms with Gasteiger partial charge in [-0.05, 0) is 12.8 Å². The summed E-state index contributed by atoms with van der Waals surface area (Å²) in [5.41, 5.74) is 0.748. The van der Waals surface area contributed by atoms with Crippen LogP contribution in [0, 0.1) is 0 Å². The van der Waals surface area contributed by atoms with Crippen molar-refractivity contribution in [2.75, 3.05) is 24.6 Å². The van der Waals surface area contributed by atoms with Gasteiger partial charge in [-0.2, -0.15) is 0 Å². The first-order valence-electron chi connectivity index (χ1n) is 5.83. The fourth-order valence-electron chi connectivity index (χ4n) is 2.02. The zero-order valence-corrected chi connectivity index (χ0v) is 11.6. The minimum Gasteiger partial charge on any atom is -0.480 e. The van der Waals surface area contributed by atoms with Gasteiger partial charge in [-0.1, -0.05) is 23.2 Å². The van der Waals surface area contributed by atoms with Crippen LogP contribution in [0.4, 0.5) is 5.69 Å². The Morgan fingerprint density at radius 1 is 1.42 bits per heavy atom. The lowest BCUT2D eigenvalue weighted by atomic mass is 10.1. The van der Waals surface area contributed by atoms with E-state index in [9.17, 15) is 4.79 Å². The van der Waals surface area contributed by atoms with Crippen LogP contribution in [-0.2, 0) is 9.53 Å². The maximum Gasteiger partial charge on any atom is 0.329 e. The lowest BCUT2D eigenvalue weighted by molar-refractivity contribution is -0.144. The van der Waals surface area contributed by atoms with Gasteiger partial charge >= 0.3 is 5.97 Å². The number of halogens is 2. The molecule has 1 aliphatic heterocycles. The molecule has 0 atom stereocenters. The van der Waals surface area contributed by atoms with Gasteiger partial charge in [-0.15, -0.1) is 10.2 Å². The number of aromatic nitrogens is 2. The number of carbonyl (C=O) groups is 1. The Labute approximate surface area is 120 Å². The monoisotopic (exact) mass is 305 g/mol. The zero-order chi connectivity index (χ0) is 13.8. The van der Waals surface area contributed by atoms with E-state index in [-0.39, 0.29) is 12.7 Å². The summed E-state index contributed by atoms with van der Waals surface area (Å²) in [5, 5.41) is 16.6. The van der Waals surface area contributed by atoms with Crippen molar-refractivity contribution in [1.29, 1.82) is 0 Å². The van der Waals surface area contributed by atoms with Gasteiger partial charge in [0.25, 0.3) is 0 Å². The smallest absolute Gasteiger partial charge is 0.329 e. The van der Waals surface area contributed by atoms with Crippen molar-refractivity contribution in [3.8, 4) is 0 Å². The molecule has 1 saturated heterocycles. The third-order valence-electron chi connectivity index (χ3n) is 2.93. The lowest BCUT2D eigenvalue weighted by Crippen LogP contribution is -2.38. The van der Waals surface area contributed by atoms with Gasteiger partial charge in [0, 0.05) is 19.2 Å². The molecular weight excluding hydrogens is 293 g/mol. The number of piperidine rings is 1. The Bertz CT molecular complexity index is 464. The Kier molecular flexibility index (Phi) is 4.79. The second-order valence-electron chi connectivity index (χ2n) is 4.23. The number of anilines is 1. The molecule has 0 amide bonds. The summed E-state index contributed by atoms with van der Waals surface area (Å²) in [6, 6.07) is 1.68. The van der Waals surface area contributed by atoms with E-state index in [0.717, 1.165) is 18.5 Å². The molecule has 6 nitrogen and oxygen atoms in total. The number of aliphatic carboxylic acids is 1. The molecule has 0 unspecified atom stereocenters. The van der Waals surface area contributed by atoms with E-state index in [2.05, 4.69) is 10.2 Å². The highest BCUT2D eigenvalue weighted by atomic mass is 35.5. The number of nitrogens with zero attached hydrogens (tertiary/aromatic N) is 3. The van der Waals surface area contributed by atoms with E-state index in [1.54, 1.807) is 6.07 Å². The first-order chi connectivity index (χ1) is 9.06. The summed E-state index contributed by atoms with van der Waals surface area (Å²) < 4.78 is 5.27. The Morgan fingerprint density at radius 3 is 2.74 bits per heavy atom. The number of carboxylic acids is 1. The molecule has 2 heterocycles. The average molecular weight is 306 g/mol. The van der Waals surface area contributed by atoms with Gasteiger partial charge in [0.05, 0.1) is 11.8 Å². The molecule has 0 spiro atoms. The van der Waals surface area contributed by atoms with E-state index in [1.165, 1.54) is 0 Å². The van der Waals surface area contributed by atoms with Crippen LogP contribution in [0.2, 0.25) is 10.3 Å². The van der Waals surface area contributed by atoms with Crippen LogP contribution in [0.3, 0.4) is 0 Å². The van der Waals surface area contributed by atoms with Gasteiger partial charge in [-0.3, -0.25) is 0 Å². The van der Waals surface area contributed by atoms with Gasteiger partial charge in [0.2, 0.25) is 0 Å². The van der Waals surface area contributed by atoms with Gasteiger partial charge < -0.3 is 14.7 Å². The van der Waals surface area contributed by atoms with Crippen molar-refractivity contribution < 1.29 is 14.6 Å². The van der Waals surface area contributed by atoms with Crippen molar-refractivity contribution in [2.45, 2.75) is 18.9 Å². The molecular formula is C11H13Cl2N3O3. The van der Waals surface area contributed by atoms with Crippen molar-refractivity contribution >= 4 is 34.9 Å². The molecule has 1 aliphatic rings. The minimum absolute atomic E-state index is 0.0311. The van der Waals surface area contributed by atoms with Crippen molar-refractivity contribution in [1.82, 2.24) is 10.2 Å². The highest BCUT2D eigenvalue weighted by Gasteiger charge is 2.22. The van der Waals surface area contributed by atoms with Crippen LogP contribution in [-0.4, -0.2) is 47.1 Å². The summed E-state index contributed by atoms with van der Waals surface area (Å²) in [6.07, 6.45) is 1.45. The number of hydrogen-bond donors (Lipinski definition) is 1. The molecule has 1 fully saturated rings. The summed E-state index contributed by atoms with van der Waals surface area (Å²) in [7, 11) is 0. The molecule has 0 bridgehead atoms. The van der Waals surface area contributed by atoms with Crippen molar-refractivity contribution in [3.63, 3.8) is 0 Å². The first kappa shape index (κ1) is 14.3. The van der Waals surface area contributed by atoms with E-state index in [1.807, 2.05) is 4.90 Å². The molecule has 19 heavy (non-hydrogen) atoms. The summed E-state index contributed by atoms with van der Waals surface area (Å²) in [6.45, 7) is 1.17. The van der Waals surface area contributed by atoms with Crippen molar-refractivity contribution in [3.05, 3.63) is 16.4 Å². The van der Waals surface area contributed by atoms with Crippen LogP contribution in [0.15, 0.2) is 6.07 Å². The lowest BCUT2D eigenvalue weighted by Gasteiger charge is -2.33. The number of rotatable bonds is 4. The molecule has 1 N–H and O–H groups in total. The Morgan fingerprint density at radius 2 is 2.11 bits per heavy atom. The largest absolute Gasteiger partial charge is 0.480 e. The second-order valence-corrected chi connectivity index (χ2v) is 4.98. The Balaban J connectivity index is 1.92. The highest BCUT2D eigenvalue weighted by molar-refractivity contribution is 6.33. The first-order valence-corrected chi connectivity index (χ1v) is 6.59. The maximum absolute atomic E-state index is 10.4. The SMILES string of the molecule is O=C(O)COC1CCN(c2cc(Cl)nnc2Cl)CC1. The highest BCUT2D eigenvalue weighted by Crippen LogP contribution is 2.28. The van der Waals surface area contributed by atoms with Crippen molar-refractivity contribution in [2.24, 2.45) is 0 Å². The quantitative estimate of drug-likeness (QED) is 0.915. The van der Waals surface area contributed by atoms with E-state index in [4.69, 9.17) is 33.0 Å². The molecule has 1 aromatic heterocycles. The standard InChI is InChI=1S/C11H13Cl2N3O3/c12-9-5-8(11(13)15-14-9)16-3-1-7(2-4-16)19-6-10(17)18/h5,7H,1-4,6H2,(H,17,18). The van der Waals surface area contributed by atoms with E-state index in [0.29, 0.717) is 23.4 Å². The molecule has 2 rings (SSSR count). The van der Waals surface area contributed by atoms with Crippen LogP contribution < -0.4 is 4.90 Å². The van der Waals surface area contributed by atoms with Crippen LogP contribution in [0.5, 0.6) is 0 Å². The number of ether oxygens (including phenoxy) is 1. The molecule has 0 aromatic carbocycles. The van der Waals surface area contributed by atoms with E-state index >= 15 is 0 Å². The fourth-order valence-corrected chi connectivity index (χ4v) is 2.37. The molecule has 0 aliphatic carbocycles. The van der Waals surface area contributed by atoms with Crippen LogP contribution >= 0.6 is 23.2 Å². The molecule has 1 aromatic rings. The average Bonchev–Trinajstić information content (AvgIpc) is 2.40. The summed E-state index contributed by atoms with van der Waals surface area (Å²) in [4.78, 5) is 12.5. The topological polar surface area (TPSA) is 75.6 Å². The number of carboxylic acid groups (broad SMARTS) is 1.